The number of rotatable bonds is 3. The molecule has 0 saturated carbocycles. The lowest BCUT2D eigenvalue weighted by molar-refractivity contribution is 0.200. The Labute approximate surface area is 116 Å². The number of urea groups is 1. The molecule has 0 bridgehead atoms. The molecule has 2 rings (SSSR count). The molecular formula is C16H24N2O. The summed E-state index contributed by atoms with van der Waals surface area (Å²) in [4.78, 5) is 14.0. The molecule has 1 N–H and O–H groups in total. The fraction of sp³-hybridized carbons (Fsp3) is 0.562. The monoisotopic (exact) mass is 260 g/mol. The van der Waals surface area contributed by atoms with Crippen LogP contribution in [0.3, 0.4) is 0 Å². The molecule has 1 heterocycles. The molecule has 0 radical (unpaired) electrons. The third kappa shape index (κ3) is 4.58. The van der Waals surface area contributed by atoms with E-state index in [1.165, 1.54) is 24.0 Å². The van der Waals surface area contributed by atoms with Crippen LogP contribution in [0.4, 0.5) is 4.79 Å². The first-order chi connectivity index (χ1) is 9.25. The molecule has 3 nitrogen and oxygen atoms in total. The summed E-state index contributed by atoms with van der Waals surface area (Å²) in [5.74, 6) is 0. The highest BCUT2D eigenvalue weighted by atomic mass is 16.2. The van der Waals surface area contributed by atoms with Gasteiger partial charge in [0.05, 0.1) is 0 Å². The number of hydrogen-bond donors (Lipinski definition) is 1. The third-order valence-electron chi connectivity index (χ3n) is 3.70. The van der Waals surface area contributed by atoms with Crippen molar-refractivity contribution in [1.29, 1.82) is 0 Å². The minimum absolute atomic E-state index is 0.106. The lowest BCUT2D eigenvalue weighted by atomic mass is 10.1. The molecule has 0 spiro atoms. The second kappa shape index (κ2) is 7.17. The molecule has 1 aliphatic heterocycles. The van der Waals surface area contributed by atoms with Gasteiger partial charge in [0.2, 0.25) is 0 Å². The molecule has 0 aliphatic carbocycles. The van der Waals surface area contributed by atoms with Crippen LogP contribution in [0.5, 0.6) is 0 Å². The predicted octanol–water partition coefficient (Wildman–Crippen LogP) is 3.12. The van der Waals surface area contributed by atoms with Crippen LogP contribution in [0.15, 0.2) is 24.3 Å². The van der Waals surface area contributed by atoms with Crippen molar-refractivity contribution in [2.75, 3.05) is 19.6 Å². The number of nitrogens with one attached hydrogen (secondary N) is 1. The molecular weight excluding hydrogens is 236 g/mol. The molecule has 104 valence electrons. The van der Waals surface area contributed by atoms with Crippen LogP contribution in [0.1, 0.15) is 36.8 Å². The zero-order valence-electron chi connectivity index (χ0n) is 11.8. The Morgan fingerprint density at radius 2 is 1.74 bits per heavy atom. The van der Waals surface area contributed by atoms with E-state index >= 15 is 0 Å². The summed E-state index contributed by atoms with van der Waals surface area (Å²) in [5, 5.41) is 3.03. The molecule has 0 aromatic heterocycles. The third-order valence-corrected chi connectivity index (χ3v) is 3.70. The zero-order chi connectivity index (χ0) is 13.5. The first-order valence-electron chi connectivity index (χ1n) is 7.34. The topological polar surface area (TPSA) is 32.3 Å². The van der Waals surface area contributed by atoms with Crippen LogP contribution >= 0.6 is 0 Å². The van der Waals surface area contributed by atoms with Crippen LogP contribution in [-0.2, 0) is 6.42 Å². The Hall–Kier alpha value is -1.51. The van der Waals surface area contributed by atoms with Gasteiger partial charge in [-0.25, -0.2) is 4.79 Å². The van der Waals surface area contributed by atoms with Gasteiger partial charge in [-0.3, -0.25) is 0 Å². The summed E-state index contributed by atoms with van der Waals surface area (Å²) in [5.41, 5.74) is 2.55. The fourth-order valence-corrected chi connectivity index (χ4v) is 2.45. The molecule has 1 aromatic rings. The fourth-order valence-electron chi connectivity index (χ4n) is 2.45. The second-order valence-corrected chi connectivity index (χ2v) is 5.37. The summed E-state index contributed by atoms with van der Waals surface area (Å²) in [7, 11) is 0. The highest BCUT2D eigenvalue weighted by Gasteiger charge is 2.14. The van der Waals surface area contributed by atoms with E-state index in [2.05, 4.69) is 36.5 Å². The van der Waals surface area contributed by atoms with Crippen molar-refractivity contribution in [3.63, 3.8) is 0 Å². The van der Waals surface area contributed by atoms with E-state index in [1.807, 2.05) is 4.90 Å². The van der Waals surface area contributed by atoms with Gasteiger partial charge in [0.25, 0.3) is 0 Å². The van der Waals surface area contributed by atoms with Gasteiger partial charge in [-0.2, -0.15) is 0 Å². The standard InChI is InChI=1S/C16H24N2O/c1-14-6-8-15(9-7-14)10-11-17-16(19)18-12-4-2-3-5-13-18/h6-9H,2-5,10-13H2,1H3,(H,17,19). The summed E-state index contributed by atoms with van der Waals surface area (Å²) < 4.78 is 0. The molecule has 0 atom stereocenters. The van der Waals surface area contributed by atoms with Crippen LogP contribution in [-0.4, -0.2) is 30.6 Å². The first-order valence-corrected chi connectivity index (χ1v) is 7.34. The maximum absolute atomic E-state index is 12.0. The minimum Gasteiger partial charge on any atom is -0.338 e. The SMILES string of the molecule is Cc1ccc(CCNC(=O)N2CCCCCC2)cc1. The summed E-state index contributed by atoms with van der Waals surface area (Å²) in [6.45, 7) is 4.63. The normalized spacial score (nSPS) is 15.9. The van der Waals surface area contributed by atoms with Crippen molar-refractivity contribution in [2.24, 2.45) is 0 Å². The van der Waals surface area contributed by atoms with Crippen LogP contribution in [0.2, 0.25) is 0 Å². The number of aryl methyl sites for hydroxylation is 1. The van der Waals surface area contributed by atoms with E-state index < -0.39 is 0 Å². The maximum atomic E-state index is 12.0. The highest BCUT2D eigenvalue weighted by Crippen LogP contribution is 2.09. The van der Waals surface area contributed by atoms with Crippen LogP contribution in [0.25, 0.3) is 0 Å². The first kappa shape index (κ1) is 13.9. The van der Waals surface area contributed by atoms with E-state index in [0.29, 0.717) is 0 Å². The Kier molecular flexibility index (Phi) is 5.25. The van der Waals surface area contributed by atoms with Gasteiger partial charge in [0.15, 0.2) is 0 Å². The van der Waals surface area contributed by atoms with Gasteiger partial charge in [-0.15, -0.1) is 0 Å². The van der Waals surface area contributed by atoms with E-state index in [9.17, 15) is 4.79 Å². The van der Waals surface area contributed by atoms with Crippen LogP contribution < -0.4 is 5.32 Å². The van der Waals surface area contributed by atoms with Crippen molar-refractivity contribution < 1.29 is 4.79 Å². The van der Waals surface area contributed by atoms with Crippen LogP contribution in [0, 0.1) is 6.92 Å². The smallest absolute Gasteiger partial charge is 0.317 e. The predicted molar refractivity (Wildman–Crippen MR) is 78.3 cm³/mol. The molecule has 1 saturated heterocycles. The second-order valence-electron chi connectivity index (χ2n) is 5.37. The van der Waals surface area contributed by atoms with Gasteiger partial charge < -0.3 is 10.2 Å². The highest BCUT2D eigenvalue weighted by molar-refractivity contribution is 5.74. The van der Waals surface area contributed by atoms with Gasteiger partial charge in [0, 0.05) is 19.6 Å². The van der Waals surface area contributed by atoms with E-state index in [-0.39, 0.29) is 6.03 Å². The largest absolute Gasteiger partial charge is 0.338 e. The number of carbonyl (C=O) groups is 1. The van der Waals surface area contributed by atoms with Gasteiger partial charge in [-0.05, 0) is 31.7 Å². The number of hydrogen-bond acceptors (Lipinski definition) is 1. The Morgan fingerprint density at radius 1 is 1.11 bits per heavy atom. The van der Waals surface area contributed by atoms with Gasteiger partial charge in [0.1, 0.15) is 0 Å². The molecule has 0 unspecified atom stereocenters. The Morgan fingerprint density at radius 3 is 2.37 bits per heavy atom. The van der Waals surface area contributed by atoms with E-state index in [4.69, 9.17) is 0 Å². The number of likely N-dealkylation sites (tertiary alicyclic amines) is 1. The van der Waals surface area contributed by atoms with Gasteiger partial charge >= 0.3 is 6.03 Å². The average Bonchev–Trinajstić information content (AvgIpc) is 2.70. The minimum atomic E-state index is 0.106. The molecule has 2 amide bonds. The zero-order valence-corrected chi connectivity index (χ0v) is 11.8. The maximum Gasteiger partial charge on any atom is 0.317 e. The Balaban J connectivity index is 1.72. The van der Waals surface area contributed by atoms with Crippen molar-refractivity contribution in [1.82, 2.24) is 10.2 Å². The number of carbonyl (C=O) groups excluding carboxylic acids is 1. The van der Waals surface area contributed by atoms with Gasteiger partial charge in [-0.1, -0.05) is 42.7 Å². The summed E-state index contributed by atoms with van der Waals surface area (Å²) in [6, 6.07) is 8.60. The number of amides is 2. The lowest BCUT2D eigenvalue weighted by Gasteiger charge is -2.20. The van der Waals surface area contributed by atoms with Crippen molar-refractivity contribution >= 4 is 6.03 Å². The van der Waals surface area contributed by atoms with Crippen molar-refractivity contribution in [3.8, 4) is 0 Å². The van der Waals surface area contributed by atoms with Crippen molar-refractivity contribution in [2.45, 2.75) is 39.0 Å². The van der Waals surface area contributed by atoms with E-state index in [1.54, 1.807) is 0 Å². The molecule has 3 heteroatoms. The molecule has 1 aliphatic rings. The lowest BCUT2D eigenvalue weighted by Crippen LogP contribution is -2.41. The summed E-state index contributed by atoms with van der Waals surface area (Å²) in [6.07, 6.45) is 5.71. The van der Waals surface area contributed by atoms with Crippen molar-refractivity contribution in [3.05, 3.63) is 35.4 Å². The quantitative estimate of drug-likeness (QED) is 0.889. The number of benzene rings is 1. The molecule has 19 heavy (non-hydrogen) atoms. The number of nitrogens with zero attached hydrogens (tertiary/aromatic N) is 1. The molecule has 1 fully saturated rings. The van der Waals surface area contributed by atoms with E-state index in [0.717, 1.165) is 38.9 Å². The molecule has 1 aromatic carbocycles. The summed E-state index contributed by atoms with van der Waals surface area (Å²) >= 11 is 0. The Bertz CT molecular complexity index is 392. The average molecular weight is 260 g/mol.